The number of nitrogens with one attached hydrogen (secondary N) is 1. The predicted molar refractivity (Wildman–Crippen MR) is 100 cm³/mol. The van der Waals surface area contributed by atoms with Crippen LogP contribution in [0.3, 0.4) is 0 Å². The number of aromatic nitrogens is 2. The molecule has 3 rings (SSSR count). The molecule has 2 heterocycles. The molecule has 1 atom stereocenters. The molecule has 0 amide bonds. The summed E-state index contributed by atoms with van der Waals surface area (Å²) in [6.07, 6.45) is 3.45. The summed E-state index contributed by atoms with van der Waals surface area (Å²) in [5.74, 6) is -0.521. The summed E-state index contributed by atoms with van der Waals surface area (Å²) in [5, 5.41) is 20.5. The van der Waals surface area contributed by atoms with Crippen molar-refractivity contribution in [3.05, 3.63) is 33.4 Å². The van der Waals surface area contributed by atoms with E-state index in [2.05, 4.69) is 4.98 Å². The van der Waals surface area contributed by atoms with Gasteiger partial charge in [-0.2, -0.15) is 5.26 Å². The maximum absolute atomic E-state index is 12.9. The molecule has 1 saturated carbocycles. The van der Waals surface area contributed by atoms with Crippen molar-refractivity contribution in [3.63, 3.8) is 0 Å². The third-order valence-electron chi connectivity index (χ3n) is 5.31. The Morgan fingerprint density at radius 3 is 2.63 bits per heavy atom. The zero-order chi connectivity index (χ0) is 20.1. The number of carbonyl (C=O) groups excluding carboxylic acids is 1. The number of fused-ring (bicyclic) bond motifs is 1. The van der Waals surface area contributed by atoms with Gasteiger partial charge >= 0.3 is 5.97 Å². The Morgan fingerprint density at radius 2 is 2.07 bits per heavy atom. The van der Waals surface area contributed by atoms with Crippen molar-refractivity contribution >= 4 is 16.9 Å². The van der Waals surface area contributed by atoms with E-state index >= 15 is 0 Å². The minimum absolute atomic E-state index is 0.0502. The molecule has 7 nitrogen and oxygen atoms in total. The largest absolute Gasteiger partial charge is 0.455 e. The van der Waals surface area contributed by atoms with Gasteiger partial charge in [-0.05, 0) is 46.5 Å². The van der Waals surface area contributed by atoms with E-state index in [4.69, 9.17) is 10.00 Å². The van der Waals surface area contributed by atoms with Crippen molar-refractivity contribution in [2.45, 2.75) is 58.2 Å². The first-order chi connectivity index (χ1) is 12.5. The van der Waals surface area contributed by atoms with E-state index in [0.29, 0.717) is 16.6 Å². The minimum atomic E-state index is -1.16. The monoisotopic (exact) mass is 371 g/mol. The number of esters is 1. The highest BCUT2D eigenvalue weighted by Crippen LogP contribution is 2.47. The zero-order valence-corrected chi connectivity index (χ0v) is 16.3. The Kier molecular flexibility index (Phi) is 4.43. The van der Waals surface area contributed by atoms with E-state index in [1.54, 1.807) is 40.9 Å². The number of rotatable bonds is 5. The lowest BCUT2D eigenvalue weighted by atomic mass is 9.88. The number of aliphatic hydroxyl groups is 1. The van der Waals surface area contributed by atoms with Crippen molar-refractivity contribution in [1.29, 1.82) is 5.26 Å². The molecule has 2 N–H and O–H groups in total. The molecule has 7 heteroatoms. The fraction of sp³-hybridized carbons (Fsp3) is 0.550. The van der Waals surface area contributed by atoms with Gasteiger partial charge in [-0.3, -0.25) is 4.79 Å². The van der Waals surface area contributed by atoms with Gasteiger partial charge in [0.2, 0.25) is 0 Å². The minimum Gasteiger partial charge on any atom is -0.455 e. The fourth-order valence-electron chi connectivity index (χ4n) is 3.58. The van der Waals surface area contributed by atoms with Gasteiger partial charge in [-0.25, -0.2) is 4.79 Å². The van der Waals surface area contributed by atoms with Crippen molar-refractivity contribution in [1.82, 2.24) is 9.55 Å². The van der Waals surface area contributed by atoms with Crippen molar-refractivity contribution < 1.29 is 14.6 Å². The summed E-state index contributed by atoms with van der Waals surface area (Å²) in [7, 11) is 1.62. The van der Waals surface area contributed by atoms with E-state index in [-0.39, 0.29) is 29.0 Å². The van der Waals surface area contributed by atoms with Crippen LogP contribution in [0.4, 0.5) is 0 Å². The van der Waals surface area contributed by atoms with E-state index in [0.717, 1.165) is 12.8 Å². The van der Waals surface area contributed by atoms with Crippen LogP contribution in [0.1, 0.15) is 61.6 Å². The number of H-pyrrole nitrogens is 1. The lowest BCUT2D eigenvalue weighted by Crippen LogP contribution is -2.30. The number of nitrogens with zero attached hydrogens (tertiary/aromatic N) is 2. The number of nitriles is 1. The highest BCUT2D eigenvalue weighted by Gasteiger charge is 2.44. The second kappa shape index (κ2) is 6.24. The number of hydrogen-bond donors (Lipinski definition) is 2. The van der Waals surface area contributed by atoms with Crippen LogP contribution in [0.15, 0.2) is 11.0 Å². The van der Waals surface area contributed by atoms with Gasteiger partial charge < -0.3 is 19.4 Å². The van der Waals surface area contributed by atoms with Gasteiger partial charge in [0.05, 0.1) is 23.7 Å². The quantitative estimate of drug-likeness (QED) is 0.786. The molecule has 0 radical (unpaired) electrons. The number of aromatic amines is 1. The maximum Gasteiger partial charge on any atom is 0.341 e. The molecule has 144 valence electrons. The molecule has 1 fully saturated rings. The molecule has 27 heavy (non-hydrogen) atoms. The maximum atomic E-state index is 12.9. The first-order valence-electron chi connectivity index (χ1n) is 9.04. The molecular formula is C20H25N3O4. The van der Waals surface area contributed by atoms with Gasteiger partial charge in [-0.1, -0.05) is 0 Å². The number of ether oxygens (including phenoxy) is 1. The number of aryl methyl sites for hydroxylation is 2. The van der Waals surface area contributed by atoms with E-state index in [1.807, 2.05) is 6.07 Å². The van der Waals surface area contributed by atoms with Gasteiger partial charge in [-0.15, -0.1) is 0 Å². The van der Waals surface area contributed by atoms with Crippen molar-refractivity contribution in [2.24, 2.45) is 13.0 Å². The summed E-state index contributed by atoms with van der Waals surface area (Å²) in [6.45, 7) is 6.75. The molecule has 0 aliphatic heterocycles. The average molecular weight is 371 g/mol. The fourth-order valence-corrected chi connectivity index (χ4v) is 3.58. The molecule has 1 aliphatic rings. The van der Waals surface area contributed by atoms with Crippen LogP contribution in [0.25, 0.3) is 10.9 Å². The molecular weight excluding hydrogens is 346 g/mol. The topological polar surface area (TPSA) is 108 Å². The predicted octanol–water partition coefficient (Wildman–Crippen LogP) is 2.64. The van der Waals surface area contributed by atoms with Crippen molar-refractivity contribution in [2.75, 3.05) is 0 Å². The summed E-state index contributed by atoms with van der Waals surface area (Å²) in [4.78, 5) is 28.6. The molecule has 0 aromatic carbocycles. The average Bonchev–Trinajstić information content (AvgIpc) is 3.34. The summed E-state index contributed by atoms with van der Waals surface area (Å²) in [5.41, 5.74) is -0.839. The van der Waals surface area contributed by atoms with Crippen molar-refractivity contribution in [3.8, 4) is 6.07 Å². The molecule has 0 saturated heterocycles. The van der Waals surface area contributed by atoms with Crippen LogP contribution in [-0.4, -0.2) is 26.2 Å². The Hall–Kier alpha value is -2.59. The van der Waals surface area contributed by atoms with E-state index in [9.17, 15) is 14.7 Å². The van der Waals surface area contributed by atoms with Crippen LogP contribution >= 0.6 is 0 Å². The standard InChI is InChI=1S/C20H25N3O4/c1-11-14(18(25)27-19(2,3)8-9-21)15-13(20(4,26)12-6-7-12)10-23(5)17(24)16(15)22-11/h10,12,22,26H,6-8H2,1-5H3. The first kappa shape index (κ1) is 19.2. The van der Waals surface area contributed by atoms with Crippen LogP contribution in [0.5, 0.6) is 0 Å². The number of hydrogen-bond acceptors (Lipinski definition) is 5. The van der Waals surface area contributed by atoms with Gasteiger partial charge in [0.15, 0.2) is 0 Å². The number of carbonyl (C=O) groups is 1. The Bertz CT molecular complexity index is 1020. The Labute approximate surface area is 157 Å². The highest BCUT2D eigenvalue weighted by atomic mass is 16.6. The van der Waals surface area contributed by atoms with Crippen LogP contribution in [0.2, 0.25) is 0 Å². The summed E-state index contributed by atoms with van der Waals surface area (Å²) < 4.78 is 6.97. The van der Waals surface area contributed by atoms with Crippen LogP contribution in [-0.2, 0) is 17.4 Å². The zero-order valence-electron chi connectivity index (χ0n) is 16.3. The van der Waals surface area contributed by atoms with Gasteiger partial charge in [0, 0.05) is 29.9 Å². The molecule has 2 aromatic rings. The van der Waals surface area contributed by atoms with Crippen LogP contribution in [0, 0.1) is 24.2 Å². The summed E-state index contributed by atoms with van der Waals surface area (Å²) >= 11 is 0. The molecule has 1 unspecified atom stereocenters. The van der Waals surface area contributed by atoms with Gasteiger partial charge in [0.25, 0.3) is 5.56 Å². The lowest BCUT2D eigenvalue weighted by Gasteiger charge is -2.26. The Balaban J connectivity index is 2.24. The first-order valence-corrected chi connectivity index (χ1v) is 9.04. The number of pyridine rings is 1. The van der Waals surface area contributed by atoms with E-state index < -0.39 is 17.2 Å². The third-order valence-corrected chi connectivity index (χ3v) is 5.31. The highest BCUT2D eigenvalue weighted by molar-refractivity contribution is 6.07. The Morgan fingerprint density at radius 1 is 1.44 bits per heavy atom. The molecule has 2 aromatic heterocycles. The lowest BCUT2D eigenvalue weighted by molar-refractivity contribution is 0.00124. The third kappa shape index (κ3) is 3.26. The van der Waals surface area contributed by atoms with E-state index in [1.165, 1.54) is 4.57 Å². The molecule has 0 bridgehead atoms. The molecule has 1 aliphatic carbocycles. The van der Waals surface area contributed by atoms with Crippen LogP contribution < -0.4 is 5.56 Å². The second-order valence-corrected chi connectivity index (χ2v) is 8.24. The molecule has 0 spiro atoms. The summed E-state index contributed by atoms with van der Waals surface area (Å²) in [6, 6.07) is 2.01. The SMILES string of the molecule is Cc1[nH]c2c(=O)n(C)cc(C(C)(O)C3CC3)c2c1C(=O)OC(C)(C)CC#N. The second-order valence-electron chi connectivity index (χ2n) is 8.24. The van der Waals surface area contributed by atoms with Gasteiger partial charge in [0.1, 0.15) is 11.1 Å². The smallest absolute Gasteiger partial charge is 0.341 e. The normalized spacial score (nSPS) is 16.8.